The molecule has 8 aromatic carbocycles. The van der Waals surface area contributed by atoms with Crippen molar-refractivity contribution in [2.24, 2.45) is 0 Å². The summed E-state index contributed by atoms with van der Waals surface area (Å²) in [6, 6.07) is 70.2. The first kappa shape index (κ1) is 38.7. The van der Waals surface area contributed by atoms with Crippen LogP contribution in [0.4, 0.5) is 17.1 Å². The molecule has 12 aromatic rings. The molecule has 2 aliphatic heterocycles. The molecule has 0 radical (unpaired) electrons. The van der Waals surface area contributed by atoms with Gasteiger partial charge in [0.2, 0.25) is 0 Å². The van der Waals surface area contributed by atoms with Gasteiger partial charge in [0.25, 0.3) is 0 Å². The number of para-hydroxylation sites is 6. The SMILES string of the molecule is N#Cc1ccc2c(c1)c1ccccc1n2-c1ccc2c(c1)Sc1cccc(-n3c4ccccc4c4cc(C#N)ccc43)c1C21c2cccnc2-c2ncc(N3c4ccccc4Oc4ccccc43)cc21. The Labute approximate surface area is 405 Å². The molecular weight excluding hydrogens is 879 g/mol. The minimum Gasteiger partial charge on any atom is -0.453 e. The quantitative estimate of drug-likeness (QED) is 0.174. The number of pyridine rings is 2. The van der Waals surface area contributed by atoms with E-state index in [-0.39, 0.29) is 0 Å². The van der Waals surface area contributed by atoms with E-state index in [4.69, 9.17) is 14.7 Å². The van der Waals surface area contributed by atoms with Crippen molar-refractivity contribution in [1.29, 1.82) is 10.5 Å². The van der Waals surface area contributed by atoms with Crippen LogP contribution < -0.4 is 9.64 Å². The average molecular weight is 912 g/mol. The molecule has 0 amide bonds. The van der Waals surface area contributed by atoms with Gasteiger partial charge in [0.05, 0.1) is 91.1 Å². The van der Waals surface area contributed by atoms with Crippen LogP contribution in [0, 0.1) is 22.7 Å². The van der Waals surface area contributed by atoms with E-state index in [1.165, 1.54) is 0 Å². The number of nitriles is 2. The van der Waals surface area contributed by atoms with E-state index in [9.17, 15) is 10.5 Å². The molecule has 15 rings (SSSR count). The lowest BCUT2D eigenvalue weighted by atomic mass is 9.67. The fourth-order valence-corrected chi connectivity index (χ4v) is 13.0. The van der Waals surface area contributed by atoms with Gasteiger partial charge in [0.15, 0.2) is 11.5 Å². The highest BCUT2D eigenvalue weighted by Crippen LogP contribution is 2.64. The van der Waals surface area contributed by atoms with E-state index < -0.39 is 5.41 Å². The predicted molar refractivity (Wildman–Crippen MR) is 276 cm³/mol. The molecule has 0 saturated carbocycles. The summed E-state index contributed by atoms with van der Waals surface area (Å²) in [6.45, 7) is 0. The number of nitrogens with zero attached hydrogens (tertiary/aromatic N) is 7. The first-order valence-corrected chi connectivity index (χ1v) is 23.9. The number of anilines is 3. The molecule has 1 atom stereocenters. The third-order valence-corrected chi connectivity index (χ3v) is 15.6. The zero-order valence-electron chi connectivity index (χ0n) is 37.0. The van der Waals surface area contributed by atoms with E-state index >= 15 is 0 Å². The number of rotatable bonds is 3. The maximum Gasteiger partial charge on any atom is 0.151 e. The molecule has 324 valence electrons. The van der Waals surface area contributed by atoms with Crippen molar-refractivity contribution < 1.29 is 4.74 Å². The summed E-state index contributed by atoms with van der Waals surface area (Å²) in [6.07, 6.45) is 3.85. The van der Waals surface area contributed by atoms with E-state index in [0.717, 1.165) is 127 Å². The highest BCUT2D eigenvalue weighted by Gasteiger charge is 2.53. The Morgan fingerprint density at radius 2 is 1.07 bits per heavy atom. The first-order valence-electron chi connectivity index (χ1n) is 23.1. The summed E-state index contributed by atoms with van der Waals surface area (Å²) in [4.78, 5) is 15.1. The Hall–Kier alpha value is -9.41. The summed E-state index contributed by atoms with van der Waals surface area (Å²) >= 11 is 1.78. The van der Waals surface area contributed by atoms with Crippen LogP contribution in [-0.2, 0) is 5.41 Å². The van der Waals surface area contributed by atoms with Crippen molar-refractivity contribution in [3.8, 4) is 46.4 Å². The number of benzene rings is 8. The lowest BCUT2D eigenvalue weighted by Crippen LogP contribution is -2.34. The molecule has 1 unspecified atom stereocenters. The van der Waals surface area contributed by atoms with Crippen LogP contribution in [0.3, 0.4) is 0 Å². The Balaban J connectivity index is 1.06. The summed E-state index contributed by atoms with van der Waals surface area (Å²) in [5.41, 5.74) is 15.3. The Morgan fingerprint density at radius 1 is 0.457 bits per heavy atom. The van der Waals surface area contributed by atoms with Gasteiger partial charge in [-0.25, -0.2) is 0 Å². The molecule has 6 heterocycles. The molecular formula is C61H33N7OS. The largest absolute Gasteiger partial charge is 0.453 e. The normalized spacial score (nSPS) is 14.9. The van der Waals surface area contributed by atoms with Gasteiger partial charge in [0, 0.05) is 54.3 Å². The zero-order valence-corrected chi connectivity index (χ0v) is 37.8. The monoisotopic (exact) mass is 911 g/mol. The van der Waals surface area contributed by atoms with Crippen molar-refractivity contribution in [3.05, 3.63) is 234 Å². The number of fused-ring (bicyclic) bond motifs is 17. The van der Waals surface area contributed by atoms with Gasteiger partial charge < -0.3 is 18.8 Å². The molecule has 70 heavy (non-hydrogen) atoms. The highest BCUT2D eigenvalue weighted by atomic mass is 32.2. The van der Waals surface area contributed by atoms with E-state index in [0.29, 0.717) is 11.1 Å². The van der Waals surface area contributed by atoms with Crippen LogP contribution >= 0.6 is 11.8 Å². The minimum absolute atomic E-state index is 0.616. The number of aromatic nitrogens is 4. The van der Waals surface area contributed by atoms with Crippen LogP contribution in [0.5, 0.6) is 11.5 Å². The Morgan fingerprint density at radius 3 is 1.79 bits per heavy atom. The summed E-state index contributed by atoms with van der Waals surface area (Å²) in [7, 11) is 0. The van der Waals surface area contributed by atoms with Crippen LogP contribution in [0.15, 0.2) is 210 Å². The van der Waals surface area contributed by atoms with Crippen molar-refractivity contribution >= 4 is 72.4 Å². The van der Waals surface area contributed by atoms with Crippen LogP contribution in [0.1, 0.15) is 33.4 Å². The van der Waals surface area contributed by atoms with Gasteiger partial charge in [-0.15, -0.1) is 0 Å². The number of ether oxygens (including phenoxy) is 1. The van der Waals surface area contributed by atoms with Crippen molar-refractivity contribution in [2.75, 3.05) is 4.90 Å². The van der Waals surface area contributed by atoms with Gasteiger partial charge in [-0.1, -0.05) is 90.6 Å². The molecule has 4 aromatic heterocycles. The zero-order chi connectivity index (χ0) is 46.2. The lowest BCUT2D eigenvalue weighted by Gasteiger charge is -2.41. The number of hydrogen-bond donors (Lipinski definition) is 0. The molecule has 0 fully saturated rings. The molecule has 8 nitrogen and oxygen atoms in total. The second-order valence-electron chi connectivity index (χ2n) is 17.9. The molecule has 1 spiro atoms. The minimum atomic E-state index is -0.925. The van der Waals surface area contributed by atoms with Crippen molar-refractivity contribution in [2.45, 2.75) is 15.2 Å². The van der Waals surface area contributed by atoms with Crippen LogP contribution in [0.25, 0.3) is 66.4 Å². The summed E-state index contributed by atoms with van der Waals surface area (Å²) in [5, 5.41) is 24.3. The Kier molecular flexibility index (Phi) is 7.90. The lowest BCUT2D eigenvalue weighted by molar-refractivity contribution is 0.477. The molecule has 0 saturated heterocycles. The smallest absolute Gasteiger partial charge is 0.151 e. The second kappa shape index (κ2) is 14.3. The molecule has 9 heteroatoms. The average Bonchev–Trinajstić information content (AvgIpc) is 4.03. The number of hydrogen-bond acceptors (Lipinski definition) is 7. The maximum absolute atomic E-state index is 10.1. The van der Waals surface area contributed by atoms with E-state index in [2.05, 4.69) is 154 Å². The van der Waals surface area contributed by atoms with Crippen LogP contribution in [-0.4, -0.2) is 19.1 Å². The van der Waals surface area contributed by atoms with Gasteiger partial charge >= 0.3 is 0 Å². The molecule has 3 aliphatic rings. The van der Waals surface area contributed by atoms with Gasteiger partial charge in [0.1, 0.15) is 0 Å². The third-order valence-electron chi connectivity index (χ3n) is 14.5. The second-order valence-corrected chi connectivity index (χ2v) is 19.0. The fourth-order valence-electron chi connectivity index (χ4n) is 11.7. The summed E-state index contributed by atoms with van der Waals surface area (Å²) in [5.74, 6) is 1.53. The van der Waals surface area contributed by atoms with Crippen molar-refractivity contribution in [1.82, 2.24) is 19.1 Å². The van der Waals surface area contributed by atoms with Crippen LogP contribution in [0.2, 0.25) is 0 Å². The van der Waals surface area contributed by atoms with Crippen molar-refractivity contribution in [3.63, 3.8) is 0 Å². The van der Waals surface area contributed by atoms with Gasteiger partial charge in [-0.3, -0.25) is 9.97 Å². The van der Waals surface area contributed by atoms with Gasteiger partial charge in [-0.2, -0.15) is 10.5 Å². The third kappa shape index (κ3) is 5.08. The first-order chi connectivity index (χ1) is 34.6. The Bertz CT molecular complexity index is 4340. The standard InChI is InChI=1S/C61H33N7OS/c62-33-36-22-26-49-42(29-36)40-11-1-3-14-47(40)66(49)38-24-25-44-57(32-38)70-56-21-9-18-53(68-48-15-4-2-12-41(48)43-30-37(34-63)23-27-50(43)68)58(56)61(44)45-13-10-28-64-59(45)60-46(61)31-39(35-65-60)67-51-16-5-7-19-54(51)69-55-20-8-6-17-52(55)67/h1-32,35H. The molecule has 1 aliphatic carbocycles. The van der Waals surface area contributed by atoms with E-state index in [1.807, 2.05) is 73.1 Å². The topological polar surface area (TPSA) is 95.7 Å². The summed E-state index contributed by atoms with van der Waals surface area (Å²) < 4.78 is 11.2. The fraction of sp³-hybridized carbons (Fsp3) is 0.0164. The molecule has 0 bridgehead atoms. The predicted octanol–water partition coefficient (Wildman–Crippen LogP) is 14.8. The van der Waals surface area contributed by atoms with Gasteiger partial charge in [-0.05, 0) is 120 Å². The van der Waals surface area contributed by atoms with E-state index in [1.54, 1.807) is 11.8 Å². The maximum atomic E-state index is 10.1. The molecule has 0 N–H and O–H groups in total. The highest BCUT2D eigenvalue weighted by molar-refractivity contribution is 7.99.